The summed E-state index contributed by atoms with van der Waals surface area (Å²) in [6.07, 6.45) is 7.01. The summed E-state index contributed by atoms with van der Waals surface area (Å²) in [5, 5.41) is 7.03. The number of halogens is 1. The minimum Gasteiger partial charge on any atom is -0.446 e. The lowest BCUT2D eigenvalue weighted by Crippen LogP contribution is -2.57. The second-order valence-corrected chi connectivity index (χ2v) is 15.1. The number of benzene rings is 1. The van der Waals surface area contributed by atoms with Crippen molar-refractivity contribution in [3.63, 3.8) is 0 Å². The molecule has 0 spiro atoms. The molecule has 2 unspecified atom stereocenters. The van der Waals surface area contributed by atoms with Crippen molar-refractivity contribution in [2.75, 3.05) is 6.54 Å². The maximum absolute atomic E-state index is 14.4. The van der Waals surface area contributed by atoms with Crippen LogP contribution in [-0.2, 0) is 41.5 Å². The number of ether oxygens (including phenoxy) is 2. The molecule has 50 heavy (non-hydrogen) atoms. The van der Waals surface area contributed by atoms with Crippen molar-refractivity contribution >= 4 is 37.7 Å². The fraction of sp³-hybridized carbons (Fsp3) is 0.606. The number of hydrogen-bond donors (Lipinski definition) is 5. The van der Waals surface area contributed by atoms with Crippen molar-refractivity contribution in [3.05, 3.63) is 47.3 Å². The van der Waals surface area contributed by atoms with Gasteiger partial charge in [0.2, 0.25) is 11.8 Å². The highest BCUT2D eigenvalue weighted by molar-refractivity contribution is 7.50. The first-order valence-electron chi connectivity index (χ1n) is 17.2. The lowest BCUT2D eigenvalue weighted by atomic mass is 10.0. The molecule has 0 radical (unpaired) electrons. The minimum absolute atomic E-state index is 0.0126. The molecule has 1 aromatic rings. The van der Waals surface area contributed by atoms with E-state index in [1.807, 2.05) is 6.08 Å². The molecule has 2 saturated carbocycles. The van der Waals surface area contributed by atoms with E-state index in [0.29, 0.717) is 30.4 Å². The fourth-order valence-corrected chi connectivity index (χ4v) is 7.92. The Bertz CT molecular complexity index is 1600. The molecular formula is C33H43FN5O10P. The quantitative estimate of drug-likeness (QED) is 0.222. The van der Waals surface area contributed by atoms with Gasteiger partial charge in [-0.25, -0.2) is 18.5 Å². The highest BCUT2D eigenvalue weighted by Gasteiger charge is 2.62. The Morgan fingerprint density at radius 3 is 2.50 bits per heavy atom. The van der Waals surface area contributed by atoms with Crippen LogP contribution in [0.4, 0.5) is 14.0 Å². The van der Waals surface area contributed by atoms with Gasteiger partial charge in [-0.1, -0.05) is 37.1 Å². The molecule has 6 rings (SSSR count). The van der Waals surface area contributed by atoms with Crippen LogP contribution in [0, 0.1) is 11.7 Å². The Kier molecular flexibility index (Phi) is 10.5. The number of amides is 5. The molecule has 2 aliphatic carbocycles. The molecule has 5 aliphatic rings. The van der Waals surface area contributed by atoms with Gasteiger partial charge in [0.25, 0.3) is 5.91 Å². The highest BCUT2D eigenvalue weighted by Crippen LogP contribution is 2.47. The second kappa shape index (κ2) is 14.7. The molecule has 0 aromatic heterocycles. The average Bonchev–Trinajstić information content (AvgIpc) is 3.47. The van der Waals surface area contributed by atoms with Crippen molar-refractivity contribution in [1.29, 1.82) is 0 Å². The summed E-state index contributed by atoms with van der Waals surface area (Å²) in [6.45, 7) is -0.105. The van der Waals surface area contributed by atoms with Crippen LogP contribution in [0.2, 0.25) is 0 Å². The molecule has 1 saturated heterocycles. The Hall–Kier alpha value is -4.01. The number of rotatable bonds is 5. The summed E-state index contributed by atoms with van der Waals surface area (Å²) in [7, 11) is -5.01. The summed E-state index contributed by atoms with van der Waals surface area (Å²) in [5.74, 6) is -3.45. The number of nitrogens with one attached hydrogen (secondary N) is 3. The monoisotopic (exact) mass is 719 g/mol. The van der Waals surface area contributed by atoms with Gasteiger partial charge in [-0.15, -0.1) is 0 Å². The Balaban J connectivity index is 1.23. The van der Waals surface area contributed by atoms with Crippen LogP contribution in [-0.4, -0.2) is 85.9 Å². The van der Waals surface area contributed by atoms with Gasteiger partial charge >= 0.3 is 19.9 Å². The lowest BCUT2D eigenvalue weighted by molar-refractivity contribution is -0.141. The predicted molar refractivity (Wildman–Crippen MR) is 173 cm³/mol. The number of fused-ring (bicyclic) bond motifs is 3. The van der Waals surface area contributed by atoms with Crippen molar-refractivity contribution in [2.45, 2.75) is 114 Å². The highest BCUT2D eigenvalue weighted by atomic mass is 31.2. The zero-order valence-corrected chi connectivity index (χ0v) is 28.4. The van der Waals surface area contributed by atoms with E-state index >= 15 is 0 Å². The van der Waals surface area contributed by atoms with Crippen molar-refractivity contribution in [1.82, 2.24) is 25.5 Å². The van der Waals surface area contributed by atoms with Gasteiger partial charge in [0.15, 0.2) is 0 Å². The minimum atomic E-state index is -5.01. The number of allylic oxidation sites excluding steroid dienone is 1. The summed E-state index contributed by atoms with van der Waals surface area (Å²) in [4.78, 5) is 89.1. The van der Waals surface area contributed by atoms with Gasteiger partial charge in [0.1, 0.15) is 35.6 Å². The maximum Gasteiger partial charge on any atom is 0.429 e. The van der Waals surface area contributed by atoms with Gasteiger partial charge in [-0.2, -0.15) is 0 Å². The first kappa shape index (κ1) is 35.8. The maximum atomic E-state index is 14.4. The van der Waals surface area contributed by atoms with E-state index < -0.39 is 73.1 Å². The molecular weight excluding hydrogens is 676 g/mol. The van der Waals surface area contributed by atoms with Crippen LogP contribution in [0.25, 0.3) is 0 Å². The Labute approximate surface area is 288 Å². The summed E-state index contributed by atoms with van der Waals surface area (Å²) in [5.41, 5.74) is -0.656. The second-order valence-electron chi connectivity index (χ2n) is 13.8. The summed E-state index contributed by atoms with van der Waals surface area (Å²) < 4.78 is 37.4. The smallest absolute Gasteiger partial charge is 0.429 e. The normalized spacial score (nSPS) is 29.4. The SMILES string of the molecule is O=C(N[C@H]1CCCCC/C=C\C2CC2(C(=O)NP(=O)(O)O)NC(=O)[C@@H]2C[C@@H](OC(=O)N3Cc4cccc(F)c4C3)CN2C1=O)OC1CCCC1. The molecule has 17 heteroatoms. The Morgan fingerprint density at radius 1 is 1.00 bits per heavy atom. The molecule has 1 aromatic carbocycles. The van der Waals surface area contributed by atoms with Crippen molar-refractivity contribution in [2.24, 2.45) is 5.92 Å². The lowest BCUT2D eigenvalue weighted by Gasteiger charge is -2.30. The number of carbonyl (C=O) groups is 5. The predicted octanol–water partition coefficient (Wildman–Crippen LogP) is 2.89. The molecule has 3 fully saturated rings. The van der Waals surface area contributed by atoms with Crippen LogP contribution >= 0.6 is 7.75 Å². The van der Waals surface area contributed by atoms with E-state index in [-0.39, 0.29) is 45.0 Å². The van der Waals surface area contributed by atoms with Crippen LogP contribution < -0.4 is 15.7 Å². The van der Waals surface area contributed by atoms with Crippen LogP contribution in [0.3, 0.4) is 0 Å². The van der Waals surface area contributed by atoms with Gasteiger partial charge in [0, 0.05) is 24.4 Å². The average molecular weight is 720 g/mol. The molecule has 5 N–H and O–H groups in total. The van der Waals surface area contributed by atoms with Crippen LogP contribution in [0.1, 0.15) is 81.8 Å². The number of nitrogens with zero attached hydrogens (tertiary/aromatic N) is 2. The molecule has 3 heterocycles. The van der Waals surface area contributed by atoms with Gasteiger partial charge in [-0.05, 0) is 63.0 Å². The van der Waals surface area contributed by atoms with E-state index in [1.54, 1.807) is 23.3 Å². The fourth-order valence-electron chi connectivity index (χ4n) is 7.46. The first-order valence-corrected chi connectivity index (χ1v) is 18.8. The van der Waals surface area contributed by atoms with Crippen molar-refractivity contribution in [3.8, 4) is 0 Å². The first-order chi connectivity index (χ1) is 23.8. The zero-order chi connectivity index (χ0) is 35.6. The summed E-state index contributed by atoms with van der Waals surface area (Å²) >= 11 is 0. The Morgan fingerprint density at radius 2 is 1.76 bits per heavy atom. The zero-order valence-electron chi connectivity index (χ0n) is 27.6. The molecule has 5 amide bonds. The standard InChI is InChI=1S/C33H43FN5O10P/c34-25-13-8-9-20-17-38(19-24(20)25)32(44)49-23-15-27-28(40)36-33(30(42)37-50(45,46)47)16-21(33)10-4-2-1-3-5-14-26(29(41)39(27)18-23)35-31(43)48-22-11-6-7-12-22/h4,8-10,13,21-23,26-27H,1-3,5-7,11-12,14-19H2,(H,35,43)(H,36,40)(H3,37,42,45,46,47)/b10-4-/t21?,23-,26+,27+,33?/m1/s1. The number of hydrogen-bond acceptors (Lipinski definition) is 8. The van der Waals surface area contributed by atoms with E-state index in [0.717, 1.165) is 32.1 Å². The van der Waals surface area contributed by atoms with Crippen LogP contribution in [0.15, 0.2) is 30.4 Å². The molecule has 0 bridgehead atoms. The van der Waals surface area contributed by atoms with E-state index in [9.17, 15) is 42.7 Å². The molecule has 3 aliphatic heterocycles. The van der Waals surface area contributed by atoms with E-state index in [1.165, 1.54) is 15.9 Å². The third-order valence-electron chi connectivity index (χ3n) is 10.2. The molecule has 5 atom stereocenters. The van der Waals surface area contributed by atoms with E-state index in [4.69, 9.17) is 9.47 Å². The van der Waals surface area contributed by atoms with Gasteiger partial charge in [-0.3, -0.25) is 24.4 Å². The van der Waals surface area contributed by atoms with Crippen LogP contribution in [0.5, 0.6) is 0 Å². The van der Waals surface area contributed by atoms with Gasteiger partial charge in [0.05, 0.1) is 13.1 Å². The summed E-state index contributed by atoms with van der Waals surface area (Å²) in [6, 6.07) is 2.24. The third kappa shape index (κ3) is 8.13. The molecule has 272 valence electrons. The number of carbonyl (C=O) groups excluding carboxylic acids is 5. The van der Waals surface area contributed by atoms with E-state index in [2.05, 4.69) is 10.6 Å². The third-order valence-corrected chi connectivity index (χ3v) is 10.7. The largest absolute Gasteiger partial charge is 0.446 e. The topological polar surface area (TPSA) is 204 Å². The molecule has 15 nitrogen and oxygen atoms in total. The number of alkyl carbamates (subject to hydrolysis) is 1. The van der Waals surface area contributed by atoms with Crippen molar-refractivity contribution < 1.29 is 52.2 Å². The van der Waals surface area contributed by atoms with Gasteiger partial charge < -0.3 is 34.8 Å².